The third kappa shape index (κ3) is 30.2. The molecule has 120 valence electrons. The maximum atomic E-state index is 10.9. The van der Waals surface area contributed by atoms with E-state index >= 15 is 0 Å². The lowest BCUT2D eigenvalue weighted by molar-refractivity contribution is -0.166. The molecular formula is C11H21ClF3N3O2. The van der Waals surface area contributed by atoms with Crippen molar-refractivity contribution in [3.05, 3.63) is 0 Å². The third-order valence-corrected chi connectivity index (χ3v) is 1.53. The van der Waals surface area contributed by atoms with Gasteiger partial charge in [-0.1, -0.05) is 0 Å². The number of hydrogen-bond acceptors (Lipinski definition) is 4. The van der Waals surface area contributed by atoms with E-state index in [2.05, 4.69) is 35.0 Å². The van der Waals surface area contributed by atoms with Gasteiger partial charge in [0.1, 0.15) is 6.42 Å². The van der Waals surface area contributed by atoms with Gasteiger partial charge in [-0.25, -0.2) is 9.98 Å². The molecule has 0 atom stereocenters. The second-order valence-corrected chi connectivity index (χ2v) is 3.80. The van der Waals surface area contributed by atoms with E-state index < -0.39 is 18.6 Å². The smallest absolute Gasteiger partial charge is 0.399 e. The lowest BCUT2D eigenvalue weighted by Gasteiger charge is -2.05. The fourth-order valence-corrected chi connectivity index (χ4v) is 0.808. The summed E-state index contributed by atoms with van der Waals surface area (Å²) in [4.78, 5) is 19.3. The molecule has 9 heteroatoms. The number of rotatable bonds is 6. The first-order valence-electron chi connectivity index (χ1n) is 5.70. The molecule has 0 bridgehead atoms. The van der Waals surface area contributed by atoms with E-state index in [1.54, 1.807) is 0 Å². The maximum absolute atomic E-state index is 10.9. The molecule has 0 aromatic rings. The summed E-state index contributed by atoms with van der Waals surface area (Å²) in [6.45, 7) is 4.67. The summed E-state index contributed by atoms with van der Waals surface area (Å²) in [7, 11) is 4.12. The first kappa shape index (κ1) is 23.9. The number of hydrogen-bond donors (Lipinski definition) is 1. The van der Waals surface area contributed by atoms with Crippen molar-refractivity contribution in [1.82, 2.24) is 4.90 Å². The summed E-state index contributed by atoms with van der Waals surface area (Å²) in [6.07, 6.45) is -5.25. The Morgan fingerprint density at radius 2 is 1.85 bits per heavy atom. The molecule has 0 aliphatic rings. The van der Waals surface area contributed by atoms with Crippen LogP contribution in [-0.2, 0) is 4.79 Å². The molecule has 1 N–H and O–H groups in total. The van der Waals surface area contributed by atoms with Crippen LogP contribution < -0.4 is 0 Å². The van der Waals surface area contributed by atoms with Gasteiger partial charge in [0.25, 0.3) is 0 Å². The van der Waals surface area contributed by atoms with Gasteiger partial charge in [-0.15, -0.1) is 12.4 Å². The number of carbonyl (C=O) groups is 1. The fourth-order valence-electron chi connectivity index (χ4n) is 0.808. The SMILES string of the molecule is CCN=C=NCCCN(C)C.Cl.O=C(O)CC(F)(F)F. The molecule has 0 fully saturated rings. The predicted octanol–water partition coefficient (Wildman–Crippen LogP) is 2.58. The van der Waals surface area contributed by atoms with Crippen molar-refractivity contribution >= 4 is 24.4 Å². The van der Waals surface area contributed by atoms with E-state index in [4.69, 9.17) is 5.11 Å². The maximum Gasteiger partial charge on any atom is 0.399 e. The van der Waals surface area contributed by atoms with E-state index in [1.807, 2.05) is 6.92 Å². The second kappa shape index (κ2) is 14.3. The molecule has 0 rings (SSSR count). The zero-order chi connectivity index (χ0) is 15.3. The van der Waals surface area contributed by atoms with Crippen LogP contribution in [0.4, 0.5) is 13.2 Å². The van der Waals surface area contributed by atoms with Gasteiger partial charge in [0.05, 0.1) is 12.6 Å². The number of halogens is 4. The molecule has 0 spiro atoms. The number of alkyl halides is 3. The summed E-state index contributed by atoms with van der Waals surface area (Å²) in [5.41, 5.74) is 0. The fraction of sp³-hybridized carbons (Fsp3) is 0.818. The molecule has 0 heterocycles. The minimum absolute atomic E-state index is 0. The largest absolute Gasteiger partial charge is 0.481 e. The standard InChI is InChI=1S/C8H17N3.C3H3F3O2.ClH/c1-4-9-8-10-6-5-7-11(2)3;4-3(5,6)1-2(7)8;/h4-7H2,1-3H3;1H2,(H,7,8);1H. The lowest BCUT2D eigenvalue weighted by atomic mass is 10.4. The van der Waals surface area contributed by atoms with Gasteiger partial charge in [-0.3, -0.25) is 4.79 Å². The van der Waals surface area contributed by atoms with Gasteiger partial charge < -0.3 is 10.0 Å². The van der Waals surface area contributed by atoms with E-state index in [1.165, 1.54) is 0 Å². The number of nitrogens with zero attached hydrogens (tertiary/aromatic N) is 3. The highest BCUT2D eigenvalue weighted by Crippen LogP contribution is 2.18. The topological polar surface area (TPSA) is 65.3 Å². The van der Waals surface area contributed by atoms with Crippen molar-refractivity contribution in [1.29, 1.82) is 0 Å². The van der Waals surface area contributed by atoms with E-state index in [0.29, 0.717) is 0 Å². The van der Waals surface area contributed by atoms with Crippen molar-refractivity contribution in [3.63, 3.8) is 0 Å². The molecule has 0 saturated carbocycles. The highest BCUT2D eigenvalue weighted by Gasteiger charge is 2.30. The first-order chi connectivity index (χ1) is 8.69. The molecule has 0 amide bonds. The molecule has 5 nitrogen and oxygen atoms in total. The summed E-state index contributed by atoms with van der Waals surface area (Å²) in [6, 6.07) is 2.64. The molecule has 0 saturated heterocycles. The molecule has 0 aliphatic heterocycles. The highest BCUT2D eigenvalue weighted by molar-refractivity contribution is 5.85. The number of aliphatic carboxylic acids is 1. The average molecular weight is 320 g/mol. The van der Waals surface area contributed by atoms with Crippen molar-refractivity contribution in [2.24, 2.45) is 9.98 Å². The molecule has 0 aliphatic carbocycles. The summed E-state index contributed by atoms with van der Waals surface area (Å²) < 4.78 is 32.8. The Morgan fingerprint density at radius 3 is 2.15 bits per heavy atom. The summed E-state index contributed by atoms with van der Waals surface area (Å²) in [5.74, 6) is -1.85. The van der Waals surface area contributed by atoms with E-state index in [-0.39, 0.29) is 12.4 Å². The van der Waals surface area contributed by atoms with Gasteiger partial charge in [-0.05, 0) is 34.0 Å². The van der Waals surface area contributed by atoms with Crippen molar-refractivity contribution in [2.45, 2.75) is 25.9 Å². The Kier molecular flexibility index (Phi) is 17.1. The molecule has 0 aromatic heterocycles. The molecule has 0 unspecified atom stereocenters. The zero-order valence-corrected chi connectivity index (χ0v) is 12.6. The summed E-state index contributed by atoms with van der Waals surface area (Å²) >= 11 is 0. The zero-order valence-electron chi connectivity index (χ0n) is 11.8. The second-order valence-electron chi connectivity index (χ2n) is 3.80. The van der Waals surface area contributed by atoms with Gasteiger partial charge in [0.15, 0.2) is 0 Å². The van der Waals surface area contributed by atoms with Crippen LogP contribution in [0.25, 0.3) is 0 Å². The van der Waals surface area contributed by atoms with Crippen LogP contribution in [0.3, 0.4) is 0 Å². The Balaban J connectivity index is -0.000000288. The Bertz CT molecular complexity index is 304. The van der Waals surface area contributed by atoms with Crippen molar-refractivity contribution < 1.29 is 23.1 Å². The summed E-state index contributed by atoms with van der Waals surface area (Å²) in [5, 5.41) is 7.53. The van der Waals surface area contributed by atoms with Crippen LogP contribution >= 0.6 is 12.4 Å². The molecule has 0 radical (unpaired) electrons. The van der Waals surface area contributed by atoms with Gasteiger partial charge >= 0.3 is 12.1 Å². The number of carboxylic acids is 1. The first-order valence-corrected chi connectivity index (χ1v) is 5.70. The minimum Gasteiger partial charge on any atom is -0.481 e. The molecule has 0 aromatic carbocycles. The van der Waals surface area contributed by atoms with E-state index in [9.17, 15) is 18.0 Å². The van der Waals surface area contributed by atoms with Crippen molar-refractivity contribution in [2.75, 3.05) is 33.7 Å². The Morgan fingerprint density at radius 1 is 1.30 bits per heavy atom. The van der Waals surface area contributed by atoms with Crippen LogP contribution in [0.2, 0.25) is 0 Å². The lowest BCUT2D eigenvalue weighted by Crippen LogP contribution is -2.13. The third-order valence-electron chi connectivity index (χ3n) is 1.53. The van der Waals surface area contributed by atoms with Gasteiger partial charge in [0, 0.05) is 6.54 Å². The number of carboxylic acid groups (broad SMARTS) is 1. The van der Waals surface area contributed by atoms with Crippen LogP contribution in [0, 0.1) is 0 Å². The van der Waals surface area contributed by atoms with E-state index in [0.717, 1.165) is 26.1 Å². The van der Waals surface area contributed by atoms with Crippen molar-refractivity contribution in [3.8, 4) is 0 Å². The van der Waals surface area contributed by atoms with Crippen LogP contribution in [0.1, 0.15) is 19.8 Å². The monoisotopic (exact) mass is 319 g/mol. The van der Waals surface area contributed by atoms with Crippen LogP contribution in [0.15, 0.2) is 9.98 Å². The quantitative estimate of drug-likeness (QED) is 0.604. The minimum atomic E-state index is -4.58. The van der Waals surface area contributed by atoms with Gasteiger partial charge in [0.2, 0.25) is 0 Å². The molecule has 20 heavy (non-hydrogen) atoms. The highest BCUT2D eigenvalue weighted by atomic mass is 35.5. The van der Waals surface area contributed by atoms with Gasteiger partial charge in [-0.2, -0.15) is 13.2 Å². The Hall–Kier alpha value is -1.11. The predicted molar refractivity (Wildman–Crippen MR) is 74.0 cm³/mol. The van der Waals surface area contributed by atoms with Crippen LogP contribution in [0.5, 0.6) is 0 Å². The normalized spacial score (nSPS) is 9.75. The number of aliphatic imine (C=N–C) groups is 2. The van der Waals surface area contributed by atoms with Crippen LogP contribution in [-0.4, -0.2) is 61.9 Å². The molecular weight excluding hydrogens is 299 g/mol. The Labute approximate surface area is 123 Å². The average Bonchev–Trinajstić information content (AvgIpc) is 2.20.